The molecule has 4 heterocycles. The van der Waals surface area contributed by atoms with Crippen molar-refractivity contribution in [2.75, 3.05) is 32.8 Å². The molecule has 170 valence electrons. The minimum Gasteiger partial charge on any atom is -0.378 e. The maximum atomic E-state index is 13.4. The van der Waals surface area contributed by atoms with Gasteiger partial charge in [0.2, 0.25) is 0 Å². The Morgan fingerprint density at radius 3 is 2.52 bits per heavy atom. The first-order valence-electron chi connectivity index (χ1n) is 11.4. The van der Waals surface area contributed by atoms with Gasteiger partial charge in [-0.1, -0.05) is 30.3 Å². The Morgan fingerprint density at radius 1 is 0.939 bits per heavy atom. The summed E-state index contributed by atoms with van der Waals surface area (Å²) < 4.78 is 7.38. The zero-order valence-electron chi connectivity index (χ0n) is 18.5. The molecule has 0 unspecified atom stereocenters. The summed E-state index contributed by atoms with van der Waals surface area (Å²) in [6.45, 7) is 3.84. The summed E-state index contributed by atoms with van der Waals surface area (Å²) >= 11 is 0. The molecule has 2 aliphatic heterocycles. The molecule has 1 fully saturated rings. The van der Waals surface area contributed by atoms with Crippen LogP contribution in [0.15, 0.2) is 54.9 Å². The third kappa shape index (κ3) is 4.52. The van der Waals surface area contributed by atoms with E-state index < -0.39 is 0 Å². The zero-order chi connectivity index (χ0) is 22.6. The molecule has 0 atom stereocenters. The van der Waals surface area contributed by atoms with Crippen LogP contribution in [0.1, 0.15) is 37.7 Å². The molecule has 0 bridgehead atoms. The summed E-state index contributed by atoms with van der Waals surface area (Å²) in [7, 11) is 0. The number of ether oxygens (including phenoxy) is 1. The summed E-state index contributed by atoms with van der Waals surface area (Å²) in [5, 5.41) is 4.78. The molecule has 0 aliphatic carbocycles. The molecule has 1 aromatic carbocycles. The topological polar surface area (TPSA) is 80.6 Å². The lowest BCUT2D eigenvalue weighted by Gasteiger charge is -2.29. The van der Waals surface area contributed by atoms with Gasteiger partial charge in [-0.2, -0.15) is 5.10 Å². The summed E-state index contributed by atoms with van der Waals surface area (Å²) in [6.07, 6.45) is 4.74. The van der Waals surface area contributed by atoms with E-state index in [1.54, 1.807) is 34.3 Å². The van der Waals surface area contributed by atoms with Crippen LogP contribution in [0.5, 0.6) is 0 Å². The molecule has 2 amide bonds. The van der Waals surface area contributed by atoms with Gasteiger partial charge >= 0.3 is 0 Å². The second kappa shape index (κ2) is 9.54. The van der Waals surface area contributed by atoms with Crippen LogP contribution in [0.2, 0.25) is 0 Å². The van der Waals surface area contributed by atoms with Crippen molar-refractivity contribution < 1.29 is 14.3 Å². The SMILES string of the molecule is O=C(c1cccnc1)N1CCc2c(c(C(=O)N3CCOCC3)nn2CCc2ccccc2)C1. The van der Waals surface area contributed by atoms with E-state index in [2.05, 4.69) is 17.1 Å². The summed E-state index contributed by atoms with van der Waals surface area (Å²) in [5.41, 5.74) is 4.16. The Hall–Kier alpha value is -3.52. The molecule has 0 spiro atoms. The Bertz CT molecular complexity index is 1120. The van der Waals surface area contributed by atoms with Crippen molar-refractivity contribution in [3.8, 4) is 0 Å². The molecule has 1 saturated heterocycles. The highest BCUT2D eigenvalue weighted by Crippen LogP contribution is 2.26. The Morgan fingerprint density at radius 2 is 1.76 bits per heavy atom. The Kier molecular flexibility index (Phi) is 6.17. The smallest absolute Gasteiger partial charge is 0.274 e. The number of carbonyl (C=O) groups excluding carboxylic acids is 2. The molecule has 3 aromatic rings. The Labute approximate surface area is 192 Å². The fraction of sp³-hybridized carbons (Fsp3) is 0.360. The number of aryl methyl sites for hydroxylation is 2. The molecule has 2 aliphatic rings. The van der Waals surface area contributed by atoms with Crippen molar-refractivity contribution in [1.82, 2.24) is 24.6 Å². The molecule has 5 rings (SSSR count). The molecule has 8 heteroatoms. The van der Waals surface area contributed by atoms with Crippen molar-refractivity contribution in [1.29, 1.82) is 0 Å². The quantitative estimate of drug-likeness (QED) is 0.602. The highest BCUT2D eigenvalue weighted by molar-refractivity contribution is 5.96. The second-order valence-electron chi connectivity index (χ2n) is 8.36. The van der Waals surface area contributed by atoms with E-state index in [0.29, 0.717) is 63.6 Å². The minimum absolute atomic E-state index is 0.0736. The van der Waals surface area contributed by atoms with E-state index in [-0.39, 0.29) is 11.8 Å². The first kappa shape index (κ1) is 21.3. The van der Waals surface area contributed by atoms with Crippen LogP contribution in [0.3, 0.4) is 0 Å². The standard InChI is InChI=1S/C25H27N5O3/c31-24(20-7-4-10-26-17-20)29-11-9-22-21(18-29)23(25(32)28-13-15-33-16-14-28)27-30(22)12-8-19-5-2-1-3-6-19/h1-7,10,17H,8-9,11-16,18H2. The molecular formula is C25H27N5O3. The summed E-state index contributed by atoms with van der Waals surface area (Å²) in [4.78, 5) is 34.1. The molecular weight excluding hydrogens is 418 g/mol. The highest BCUT2D eigenvalue weighted by Gasteiger charge is 2.32. The van der Waals surface area contributed by atoms with Crippen LogP contribution >= 0.6 is 0 Å². The lowest BCUT2D eigenvalue weighted by molar-refractivity contribution is 0.0296. The molecule has 33 heavy (non-hydrogen) atoms. The number of amides is 2. The van der Waals surface area contributed by atoms with Gasteiger partial charge in [0, 0.05) is 56.3 Å². The minimum atomic E-state index is -0.0799. The fourth-order valence-corrected chi connectivity index (χ4v) is 4.49. The number of hydrogen-bond donors (Lipinski definition) is 0. The number of aromatic nitrogens is 3. The van der Waals surface area contributed by atoms with Gasteiger partial charge in [-0.3, -0.25) is 19.3 Å². The maximum Gasteiger partial charge on any atom is 0.274 e. The number of carbonyl (C=O) groups is 2. The number of rotatable bonds is 5. The van der Waals surface area contributed by atoms with Crippen molar-refractivity contribution >= 4 is 11.8 Å². The van der Waals surface area contributed by atoms with Gasteiger partial charge in [-0.15, -0.1) is 0 Å². The van der Waals surface area contributed by atoms with Gasteiger partial charge in [0.15, 0.2) is 5.69 Å². The van der Waals surface area contributed by atoms with E-state index in [1.165, 1.54) is 5.56 Å². The average molecular weight is 446 g/mol. The number of fused-ring (bicyclic) bond motifs is 1. The molecule has 2 aromatic heterocycles. The van der Waals surface area contributed by atoms with Gasteiger partial charge < -0.3 is 14.5 Å². The van der Waals surface area contributed by atoms with E-state index in [0.717, 1.165) is 17.7 Å². The number of hydrogen-bond acceptors (Lipinski definition) is 5. The van der Waals surface area contributed by atoms with E-state index >= 15 is 0 Å². The van der Waals surface area contributed by atoms with Gasteiger partial charge in [0.25, 0.3) is 11.8 Å². The average Bonchev–Trinajstić information content (AvgIpc) is 3.26. The van der Waals surface area contributed by atoms with Crippen molar-refractivity contribution in [2.45, 2.75) is 25.9 Å². The fourth-order valence-electron chi connectivity index (χ4n) is 4.49. The van der Waals surface area contributed by atoms with E-state index in [9.17, 15) is 9.59 Å². The van der Waals surface area contributed by atoms with Crippen LogP contribution in [0.25, 0.3) is 0 Å². The Balaban J connectivity index is 1.43. The van der Waals surface area contributed by atoms with Gasteiger partial charge in [-0.25, -0.2) is 0 Å². The predicted octanol–water partition coefficient (Wildman–Crippen LogP) is 2.19. The second-order valence-corrected chi connectivity index (χ2v) is 8.36. The molecule has 0 radical (unpaired) electrons. The van der Waals surface area contributed by atoms with Crippen molar-refractivity contribution in [3.63, 3.8) is 0 Å². The first-order chi connectivity index (χ1) is 16.2. The summed E-state index contributed by atoms with van der Waals surface area (Å²) in [5.74, 6) is -0.153. The van der Waals surface area contributed by atoms with Gasteiger partial charge in [0.05, 0.1) is 25.3 Å². The van der Waals surface area contributed by atoms with Crippen molar-refractivity contribution in [2.24, 2.45) is 0 Å². The number of pyridine rings is 1. The molecule has 8 nitrogen and oxygen atoms in total. The number of nitrogens with zero attached hydrogens (tertiary/aromatic N) is 5. The first-order valence-corrected chi connectivity index (χ1v) is 11.4. The maximum absolute atomic E-state index is 13.4. The van der Waals surface area contributed by atoms with Crippen LogP contribution in [0, 0.1) is 0 Å². The number of morpholine rings is 1. The molecule has 0 saturated carbocycles. The van der Waals surface area contributed by atoms with E-state index in [1.807, 2.05) is 22.9 Å². The molecule has 0 N–H and O–H groups in total. The predicted molar refractivity (Wildman–Crippen MR) is 122 cm³/mol. The van der Waals surface area contributed by atoms with Crippen LogP contribution < -0.4 is 0 Å². The highest BCUT2D eigenvalue weighted by atomic mass is 16.5. The lowest BCUT2D eigenvalue weighted by Crippen LogP contribution is -2.42. The van der Waals surface area contributed by atoms with E-state index in [4.69, 9.17) is 9.84 Å². The van der Waals surface area contributed by atoms with Gasteiger partial charge in [-0.05, 0) is 24.1 Å². The normalized spacial score (nSPS) is 15.9. The summed E-state index contributed by atoms with van der Waals surface area (Å²) in [6, 6.07) is 13.8. The zero-order valence-corrected chi connectivity index (χ0v) is 18.5. The van der Waals surface area contributed by atoms with Crippen LogP contribution in [0.4, 0.5) is 0 Å². The van der Waals surface area contributed by atoms with Crippen LogP contribution in [-0.4, -0.2) is 69.2 Å². The largest absolute Gasteiger partial charge is 0.378 e. The van der Waals surface area contributed by atoms with Crippen molar-refractivity contribution in [3.05, 3.63) is 82.9 Å². The number of benzene rings is 1. The third-order valence-electron chi connectivity index (χ3n) is 6.29. The van der Waals surface area contributed by atoms with Crippen LogP contribution in [-0.2, 0) is 30.7 Å². The van der Waals surface area contributed by atoms with Gasteiger partial charge in [0.1, 0.15) is 0 Å². The monoisotopic (exact) mass is 445 g/mol. The lowest BCUT2D eigenvalue weighted by atomic mass is 10.0. The third-order valence-corrected chi connectivity index (χ3v) is 6.29.